The lowest BCUT2D eigenvalue weighted by atomic mass is 10.1. The number of rotatable bonds is 3. The van der Waals surface area contributed by atoms with Gasteiger partial charge >= 0.3 is 5.25 Å². The van der Waals surface area contributed by atoms with Gasteiger partial charge in [-0.3, -0.25) is 0 Å². The maximum absolute atomic E-state index is 13.7. The van der Waals surface area contributed by atoms with Gasteiger partial charge in [0.1, 0.15) is 22.9 Å². The maximum Gasteiger partial charge on any atom is 0.442 e. The van der Waals surface area contributed by atoms with Gasteiger partial charge in [-0.15, -0.1) is 0 Å². The Labute approximate surface area is 146 Å². The van der Waals surface area contributed by atoms with Crippen LogP contribution in [0.5, 0.6) is 11.5 Å². The Hall–Kier alpha value is -1.55. The first-order chi connectivity index (χ1) is 11.6. The molecule has 2 atom stereocenters. The molecular weight excluding hydrogens is 391 g/mol. The third-order valence-corrected chi connectivity index (χ3v) is 5.28. The van der Waals surface area contributed by atoms with Crippen molar-refractivity contribution in [3.05, 3.63) is 52.3 Å². The van der Waals surface area contributed by atoms with Crippen LogP contribution >= 0.6 is 11.6 Å². The molecule has 2 aromatic rings. The van der Waals surface area contributed by atoms with Crippen molar-refractivity contribution in [1.29, 1.82) is 0 Å². The highest BCUT2D eigenvalue weighted by Crippen LogP contribution is 2.53. The van der Waals surface area contributed by atoms with Crippen molar-refractivity contribution < 1.29 is 36.3 Å². The number of aliphatic hydroxyl groups excluding tert-OH is 1. The Balaban J connectivity index is 2.12. The van der Waals surface area contributed by atoms with E-state index in [0.29, 0.717) is 0 Å². The highest BCUT2D eigenvalue weighted by atomic mass is 35.5. The fourth-order valence-electron chi connectivity index (χ4n) is 2.45. The fourth-order valence-corrected chi connectivity index (χ4v) is 4.05. The van der Waals surface area contributed by atoms with Crippen molar-refractivity contribution >= 4 is 22.8 Å². The highest BCUT2D eigenvalue weighted by molar-refractivity contribution is 7.93. The first-order valence-electron chi connectivity index (χ1n) is 6.69. The maximum atomic E-state index is 13.7. The first kappa shape index (κ1) is 18.2. The Morgan fingerprint density at radius 3 is 2.52 bits per heavy atom. The van der Waals surface area contributed by atoms with E-state index in [1.54, 1.807) is 0 Å². The monoisotopic (exact) mass is 398 g/mol. The molecule has 1 aliphatic heterocycles. The molecule has 3 rings (SSSR count). The molecule has 10 heteroatoms. The number of aliphatic hydroxyl groups is 1. The number of halogens is 6. The summed E-state index contributed by atoms with van der Waals surface area (Å²) in [6.07, 6.45) is -5.79. The summed E-state index contributed by atoms with van der Waals surface area (Å²) in [5.41, 5.74) is -1.62. The van der Waals surface area contributed by atoms with Crippen molar-refractivity contribution in [3.8, 4) is 11.5 Å². The molecule has 0 amide bonds. The number of alkyl halides is 4. The van der Waals surface area contributed by atoms with Crippen LogP contribution < -0.4 is 4.74 Å². The van der Waals surface area contributed by atoms with E-state index >= 15 is 0 Å². The van der Waals surface area contributed by atoms with Crippen LogP contribution in [0.2, 0.25) is 5.02 Å². The molecule has 1 aliphatic rings. The fraction of sp³-hybridized carbons (Fsp3) is 0.200. The predicted molar refractivity (Wildman–Crippen MR) is 79.2 cm³/mol. The van der Waals surface area contributed by atoms with E-state index in [4.69, 9.17) is 16.3 Å². The van der Waals surface area contributed by atoms with Crippen molar-refractivity contribution in [2.45, 2.75) is 22.7 Å². The first-order valence-corrected chi connectivity index (χ1v) is 8.22. The molecule has 0 fully saturated rings. The van der Waals surface area contributed by atoms with E-state index in [0.717, 1.165) is 30.3 Å². The molecule has 2 unspecified atom stereocenters. The zero-order valence-electron chi connectivity index (χ0n) is 12.0. The van der Waals surface area contributed by atoms with E-state index in [-0.39, 0.29) is 10.8 Å². The minimum atomic E-state index is -4.10. The summed E-state index contributed by atoms with van der Waals surface area (Å²) in [4.78, 5) is -0.882. The molecule has 1 N–H and O–H groups in total. The summed E-state index contributed by atoms with van der Waals surface area (Å²) >= 11 is 2.45. The smallest absolute Gasteiger partial charge is 0.442 e. The second-order valence-corrected chi connectivity index (χ2v) is 7.06. The van der Waals surface area contributed by atoms with Gasteiger partial charge in [-0.2, -0.15) is 8.78 Å². The molecule has 0 bridgehead atoms. The minimum Gasteiger partial charge on any atom is -0.607 e. The second-order valence-electron chi connectivity index (χ2n) is 5.14. The largest absolute Gasteiger partial charge is 0.607 e. The Morgan fingerprint density at radius 2 is 1.92 bits per heavy atom. The third kappa shape index (κ3) is 3.05. The SMILES string of the molecule is [O-][S+]1c2c(ccc(Oc3cc(F)cc(Cl)c3)c2C(F)F)C(O)C1(F)F. The van der Waals surface area contributed by atoms with Gasteiger partial charge in [0.25, 0.3) is 6.43 Å². The van der Waals surface area contributed by atoms with Crippen LogP contribution in [0.1, 0.15) is 23.7 Å². The van der Waals surface area contributed by atoms with Gasteiger partial charge in [-0.05, 0) is 24.3 Å². The van der Waals surface area contributed by atoms with Gasteiger partial charge < -0.3 is 14.4 Å². The highest BCUT2D eigenvalue weighted by Gasteiger charge is 2.62. The van der Waals surface area contributed by atoms with Crippen LogP contribution in [0.3, 0.4) is 0 Å². The molecule has 0 aromatic heterocycles. The zero-order valence-corrected chi connectivity index (χ0v) is 13.6. The number of fused-ring (bicyclic) bond motifs is 1. The van der Waals surface area contributed by atoms with Crippen molar-refractivity contribution in [2.75, 3.05) is 0 Å². The summed E-state index contributed by atoms with van der Waals surface area (Å²) in [6.45, 7) is 0. The normalized spacial score (nSPS) is 21.5. The molecule has 0 spiro atoms. The van der Waals surface area contributed by atoms with Crippen LogP contribution in [0.15, 0.2) is 35.2 Å². The lowest BCUT2D eigenvalue weighted by Gasteiger charge is -2.16. The topological polar surface area (TPSA) is 52.5 Å². The van der Waals surface area contributed by atoms with Crippen LogP contribution in [0.4, 0.5) is 22.0 Å². The summed E-state index contributed by atoms with van der Waals surface area (Å²) in [5, 5.41) is 5.37. The van der Waals surface area contributed by atoms with Gasteiger partial charge in [-0.25, -0.2) is 13.2 Å². The van der Waals surface area contributed by atoms with Crippen LogP contribution in [0, 0.1) is 5.82 Å². The predicted octanol–water partition coefficient (Wildman–Crippen LogP) is 4.96. The summed E-state index contributed by atoms with van der Waals surface area (Å²) in [6, 6.07) is 4.78. The molecule has 1 heterocycles. The molecule has 25 heavy (non-hydrogen) atoms. The molecular formula is C15H8ClF5O3S. The number of hydrogen-bond donors (Lipinski definition) is 1. The lowest BCUT2D eigenvalue weighted by molar-refractivity contribution is -0.0375. The molecule has 0 radical (unpaired) electrons. The van der Waals surface area contributed by atoms with E-state index in [9.17, 15) is 31.6 Å². The summed E-state index contributed by atoms with van der Waals surface area (Å²) in [7, 11) is 0. The standard InChI is InChI=1S/C15H8ClF5O3S/c16-6-3-7(17)5-8(4-6)24-10-2-1-9-12(11(10)14(18)19)25(23)15(20,21)13(9)22/h1-5,13-14,22H. The number of hydrogen-bond acceptors (Lipinski definition) is 3. The van der Waals surface area contributed by atoms with Crippen molar-refractivity contribution in [2.24, 2.45) is 0 Å². The van der Waals surface area contributed by atoms with Gasteiger partial charge in [0, 0.05) is 16.7 Å². The van der Waals surface area contributed by atoms with Crippen LogP contribution in [0.25, 0.3) is 0 Å². The van der Waals surface area contributed by atoms with Crippen LogP contribution in [-0.2, 0) is 11.2 Å². The van der Waals surface area contributed by atoms with Gasteiger partial charge in [-0.1, -0.05) is 11.6 Å². The van der Waals surface area contributed by atoms with Gasteiger partial charge in [0.2, 0.25) is 0 Å². The average molecular weight is 399 g/mol. The minimum absolute atomic E-state index is 0.0692. The molecule has 134 valence electrons. The Kier molecular flexibility index (Phi) is 4.61. The van der Waals surface area contributed by atoms with E-state index in [2.05, 4.69) is 0 Å². The van der Waals surface area contributed by atoms with Crippen molar-refractivity contribution in [3.63, 3.8) is 0 Å². The Morgan fingerprint density at radius 1 is 1.24 bits per heavy atom. The molecule has 0 saturated carbocycles. The zero-order chi connectivity index (χ0) is 18.5. The van der Waals surface area contributed by atoms with Gasteiger partial charge in [0.05, 0.1) is 11.2 Å². The molecule has 0 aliphatic carbocycles. The lowest BCUT2D eigenvalue weighted by Crippen LogP contribution is -2.29. The van der Waals surface area contributed by atoms with Crippen LogP contribution in [-0.4, -0.2) is 14.9 Å². The summed E-state index contributed by atoms with van der Waals surface area (Å²) in [5.74, 6) is -1.63. The second kappa shape index (κ2) is 6.31. The Bertz CT molecular complexity index is 813. The molecule has 2 aromatic carbocycles. The van der Waals surface area contributed by atoms with E-state index in [1.807, 2.05) is 0 Å². The van der Waals surface area contributed by atoms with E-state index < -0.39 is 56.5 Å². The number of benzene rings is 2. The quantitative estimate of drug-likeness (QED) is 0.587. The molecule has 0 saturated heterocycles. The molecule has 3 nitrogen and oxygen atoms in total. The van der Waals surface area contributed by atoms with E-state index in [1.165, 1.54) is 0 Å². The average Bonchev–Trinajstić information content (AvgIpc) is 2.67. The number of ether oxygens (including phenoxy) is 1. The third-order valence-electron chi connectivity index (χ3n) is 3.51. The summed E-state index contributed by atoms with van der Waals surface area (Å²) < 4.78 is 84.7. The van der Waals surface area contributed by atoms with Gasteiger partial charge in [0.15, 0.2) is 11.0 Å². The van der Waals surface area contributed by atoms with Crippen molar-refractivity contribution in [1.82, 2.24) is 0 Å².